The number of nitrogens with zero attached hydrogens (tertiary/aromatic N) is 1. The summed E-state index contributed by atoms with van der Waals surface area (Å²) in [5, 5.41) is 2.11. The molecule has 3 nitrogen and oxygen atoms in total. The molecular weight excluding hydrogens is 342 g/mol. The lowest BCUT2D eigenvalue weighted by atomic mass is 10.2. The largest absolute Gasteiger partial charge is 0.395 e. The Morgan fingerprint density at radius 1 is 0.739 bits per heavy atom. The second-order valence-corrected chi connectivity index (χ2v) is 8.08. The molecule has 0 bridgehead atoms. The first-order valence-electron chi connectivity index (χ1n) is 6.96. The normalized spacial score (nSPS) is 11.0. The summed E-state index contributed by atoms with van der Waals surface area (Å²) in [6.45, 7) is 0. The third kappa shape index (κ3) is 2.65. The van der Waals surface area contributed by atoms with E-state index in [4.69, 9.17) is 11.5 Å². The van der Waals surface area contributed by atoms with Gasteiger partial charge in [-0.1, -0.05) is 6.07 Å². The number of nitrogens with two attached hydrogens (primary N) is 2. The minimum atomic E-state index is 0.383. The average Bonchev–Trinajstić information content (AvgIpc) is 3.30. The molecule has 114 valence electrons. The maximum atomic E-state index is 6.05. The number of hydrogen-bond donors (Lipinski definition) is 2. The van der Waals surface area contributed by atoms with Crippen LogP contribution in [0.1, 0.15) is 0 Å². The summed E-state index contributed by atoms with van der Waals surface area (Å²) in [6, 6.07) is 14.7. The number of thiophene rings is 3. The fraction of sp³-hybridized carbons (Fsp3) is 0. The van der Waals surface area contributed by atoms with Crippen LogP contribution in [0.2, 0.25) is 0 Å². The third-order valence-corrected chi connectivity index (χ3v) is 6.97. The highest BCUT2D eigenvalue weighted by molar-refractivity contribution is 7.27. The Balaban J connectivity index is 1.70. The Labute approximate surface area is 145 Å². The van der Waals surface area contributed by atoms with Gasteiger partial charge in [-0.2, -0.15) is 0 Å². The van der Waals surface area contributed by atoms with Gasteiger partial charge in [0.2, 0.25) is 0 Å². The van der Waals surface area contributed by atoms with Crippen molar-refractivity contribution >= 4 is 45.5 Å². The highest BCUT2D eigenvalue weighted by atomic mass is 32.1. The van der Waals surface area contributed by atoms with Crippen molar-refractivity contribution in [3.8, 4) is 29.9 Å². The highest BCUT2D eigenvalue weighted by Crippen LogP contribution is 2.42. The monoisotopic (exact) mass is 355 g/mol. The molecule has 0 saturated heterocycles. The van der Waals surface area contributed by atoms with E-state index >= 15 is 0 Å². The predicted octanol–water partition coefficient (Wildman–Crippen LogP) is 5.43. The zero-order valence-corrected chi connectivity index (χ0v) is 14.5. The van der Waals surface area contributed by atoms with Crippen molar-refractivity contribution in [2.24, 2.45) is 0 Å². The molecule has 4 N–H and O–H groups in total. The van der Waals surface area contributed by atoms with Crippen LogP contribution in [-0.2, 0) is 0 Å². The molecule has 0 radical (unpaired) electrons. The van der Waals surface area contributed by atoms with Crippen molar-refractivity contribution in [2.75, 3.05) is 11.5 Å². The van der Waals surface area contributed by atoms with E-state index in [0.717, 1.165) is 10.4 Å². The molecule has 0 aliphatic heterocycles. The van der Waals surface area contributed by atoms with E-state index in [-0.39, 0.29) is 0 Å². The zero-order chi connectivity index (χ0) is 15.8. The quantitative estimate of drug-likeness (QED) is 0.515. The van der Waals surface area contributed by atoms with Gasteiger partial charge in [-0.15, -0.1) is 34.0 Å². The molecule has 4 rings (SSSR count). The van der Waals surface area contributed by atoms with Crippen LogP contribution in [0.4, 0.5) is 11.5 Å². The first-order chi connectivity index (χ1) is 11.2. The van der Waals surface area contributed by atoms with Crippen molar-refractivity contribution < 1.29 is 0 Å². The van der Waals surface area contributed by atoms with Gasteiger partial charge in [0.25, 0.3) is 0 Å². The third-order valence-electron chi connectivity index (χ3n) is 3.51. The van der Waals surface area contributed by atoms with E-state index in [9.17, 15) is 0 Å². The summed E-state index contributed by atoms with van der Waals surface area (Å²) < 4.78 is 0. The molecule has 0 fully saturated rings. The van der Waals surface area contributed by atoms with Gasteiger partial charge in [-0.05, 0) is 41.8 Å². The summed E-state index contributed by atoms with van der Waals surface area (Å²) in [4.78, 5) is 10.3. The van der Waals surface area contributed by atoms with Crippen LogP contribution < -0.4 is 11.5 Å². The van der Waals surface area contributed by atoms with Crippen molar-refractivity contribution in [1.82, 2.24) is 4.98 Å². The van der Waals surface area contributed by atoms with E-state index in [1.807, 2.05) is 17.4 Å². The van der Waals surface area contributed by atoms with Crippen molar-refractivity contribution in [3.63, 3.8) is 0 Å². The number of hydrogen-bond acceptors (Lipinski definition) is 6. The zero-order valence-electron chi connectivity index (χ0n) is 12.0. The highest BCUT2D eigenvalue weighted by Gasteiger charge is 2.12. The fourth-order valence-corrected chi connectivity index (χ4v) is 5.32. The lowest BCUT2D eigenvalue weighted by Gasteiger charge is -2.04. The fourth-order valence-electron chi connectivity index (χ4n) is 2.34. The van der Waals surface area contributed by atoms with E-state index < -0.39 is 0 Å². The molecule has 0 spiro atoms. The molecular formula is C17H13N3S3. The van der Waals surface area contributed by atoms with E-state index in [2.05, 4.69) is 46.8 Å². The lowest BCUT2D eigenvalue weighted by Crippen LogP contribution is -1.98. The molecule has 0 atom stereocenters. The van der Waals surface area contributed by atoms with Crippen LogP contribution >= 0.6 is 34.0 Å². The van der Waals surface area contributed by atoms with Crippen LogP contribution in [-0.4, -0.2) is 4.98 Å². The number of anilines is 2. The van der Waals surface area contributed by atoms with Crippen LogP contribution in [0.5, 0.6) is 0 Å². The summed E-state index contributed by atoms with van der Waals surface area (Å²) >= 11 is 5.30. The molecule has 0 unspecified atom stereocenters. The molecule has 6 heteroatoms. The first-order valence-corrected chi connectivity index (χ1v) is 9.48. The SMILES string of the molecule is Nc1nccc(-c2ccc(-c3ccc(-c4cccs4)s3)s2)c1N. The van der Waals surface area contributed by atoms with Gasteiger partial charge in [0.1, 0.15) is 5.82 Å². The molecule has 0 aliphatic carbocycles. The standard InChI is InChI=1S/C17H13N3S3/c18-16-10(7-8-20-17(16)19)11-3-4-14(22-11)15-6-5-13(23-15)12-2-1-9-21-12/h1-9H,18H2,(H2,19,20). The summed E-state index contributed by atoms with van der Waals surface area (Å²) in [5.74, 6) is 0.383. The summed E-state index contributed by atoms with van der Waals surface area (Å²) in [6.07, 6.45) is 1.69. The maximum absolute atomic E-state index is 6.05. The van der Waals surface area contributed by atoms with Gasteiger partial charge >= 0.3 is 0 Å². The number of nitrogen functional groups attached to an aromatic ring is 2. The molecule has 0 saturated carbocycles. The summed E-state index contributed by atoms with van der Waals surface area (Å²) in [5.41, 5.74) is 13.4. The Kier molecular flexibility index (Phi) is 3.65. The molecule has 4 aromatic heterocycles. The predicted molar refractivity (Wildman–Crippen MR) is 103 cm³/mol. The minimum absolute atomic E-state index is 0.383. The van der Waals surface area contributed by atoms with Crippen molar-refractivity contribution in [1.29, 1.82) is 0 Å². The van der Waals surface area contributed by atoms with Gasteiger partial charge < -0.3 is 11.5 Å². The molecule has 0 aliphatic rings. The van der Waals surface area contributed by atoms with E-state index in [0.29, 0.717) is 11.5 Å². The Bertz CT molecular complexity index is 951. The van der Waals surface area contributed by atoms with Crippen LogP contribution in [0, 0.1) is 0 Å². The van der Waals surface area contributed by atoms with Crippen molar-refractivity contribution in [2.45, 2.75) is 0 Å². The Morgan fingerprint density at radius 3 is 2.09 bits per heavy atom. The molecule has 0 amide bonds. The molecule has 4 aromatic rings. The Hall–Kier alpha value is -2.15. The molecule has 4 heterocycles. The van der Waals surface area contributed by atoms with Gasteiger partial charge in [0.15, 0.2) is 0 Å². The van der Waals surface area contributed by atoms with Gasteiger partial charge in [-0.3, -0.25) is 0 Å². The van der Waals surface area contributed by atoms with Crippen LogP contribution in [0.25, 0.3) is 29.9 Å². The smallest absolute Gasteiger partial charge is 0.147 e. The van der Waals surface area contributed by atoms with E-state index in [1.165, 1.54) is 19.5 Å². The number of rotatable bonds is 3. The average molecular weight is 356 g/mol. The van der Waals surface area contributed by atoms with E-state index in [1.54, 1.807) is 28.9 Å². The maximum Gasteiger partial charge on any atom is 0.147 e. The topological polar surface area (TPSA) is 64.9 Å². The number of aromatic nitrogens is 1. The van der Waals surface area contributed by atoms with Crippen LogP contribution in [0.15, 0.2) is 54.0 Å². The van der Waals surface area contributed by atoms with Crippen molar-refractivity contribution in [3.05, 3.63) is 54.0 Å². The Morgan fingerprint density at radius 2 is 1.39 bits per heavy atom. The summed E-state index contributed by atoms with van der Waals surface area (Å²) in [7, 11) is 0. The second kappa shape index (κ2) is 5.81. The number of pyridine rings is 1. The van der Waals surface area contributed by atoms with Gasteiger partial charge in [-0.25, -0.2) is 4.98 Å². The van der Waals surface area contributed by atoms with Crippen LogP contribution in [0.3, 0.4) is 0 Å². The second-order valence-electron chi connectivity index (χ2n) is 4.96. The van der Waals surface area contributed by atoms with Gasteiger partial charge in [0, 0.05) is 36.1 Å². The lowest BCUT2D eigenvalue weighted by molar-refractivity contribution is 1.34. The van der Waals surface area contributed by atoms with Gasteiger partial charge in [0.05, 0.1) is 5.69 Å². The minimum Gasteiger partial charge on any atom is -0.395 e. The molecule has 23 heavy (non-hydrogen) atoms. The first kappa shape index (κ1) is 14.4. The molecule has 0 aromatic carbocycles.